The van der Waals surface area contributed by atoms with Crippen LogP contribution in [-0.2, 0) is 18.6 Å². The van der Waals surface area contributed by atoms with Crippen LogP contribution in [0, 0.1) is 23.7 Å². The van der Waals surface area contributed by atoms with Gasteiger partial charge >= 0.3 is 0 Å². The second-order valence-electron chi connectivity index (χ2n) is 10.8. The maximum absolute atomic E-state index is 7.16. The monoisotopic (exact) mass is 440 g/mol. The maximum Gasteiger partial charge on any atom is 0.194 e. The number of allylic oxidation sites excluding steroid dienone is 2. The molecule has 0 N–H and O–H groups in total. The van der Waals surface area contributed by atoms with Crippen molar-refractivity contribution in [1.82, 2.24) is 0 Å². The SMILES string of the molecule is CO[C@H]1C#C/C=C\C#C[C@@]2(O[Si](C)(C)C(C)(C)C)CC1=C[C@@H]1OC3(CCCCC3)O[C@@H]12. The molecule has 0 unspecified atom stereocenters. The first-order valence-electron chi connectivity index (χ1n) is 11.6. The predicted molar refractivity (Wildman–Crippen MR) is 125 cm³/mol. The van der Waals surface area contributed by atoms with E-state index in [1.807, 2.05) is 0 Å². The molecule has 1 spiro atoms. The Morgan fingerprint density at radius 2 is 1.77 bits per heavy atom. The summed E-state index contributed by atoms with van der Waals surface area (Å²) in [7, 11) is -0.462. The minimum Gasteiger partial charge on any atom is -0.398 e. The second-order valence-corrected chi connectivity index (χ2v) is 15.5. The molecule has 0 radical (unpaired) electrons. The van der Waals surface area contributed by atoms with Crippen molar-refractivity contribution in [3.05, 3.63) is 23.8 Å². The number of methoxy groups -OCH3 is 1. The molecule has 3 aliphatic carbocycles. The van der Waals surface area contributed by atoms with Crippen LogP contribution in [0.4, 0.5) is 0 Å². The molecule has 1 saturated carbocycles. The highest BCUT2D eigenvalue weighted by Gasteiger charge is 2.60. The van der Waals surface area contributed by atoms with Crippen molar-refractivity contribution in [3.8, 4) is 23.7 Å². The molecule has 31 heavy (non-hydrogen) atoms. The van der Waals surface area contributed by atoms with Gasteiger partial charge in [0.2, 0.25) is 0 Å². The summed E-state index contributed by atoms with van der Waals surface area (Å²) >= 11 is 0. The fourth-order valence-corrected chi connectivity index (χ4v) is 6.27. The quantitative estimate of drug-likeness (QED) is 0.347. The van der Waals surface area contributed by atoms with E-state index in [1.54, 1.807) is 19.3 Å². The summed E-state index contributed by atoms with van der Waals surface area (Å²) in [5, 5.41) is 0.0495. The Hall–Kier alpha value is -1.34. The van der Waals surface area contributed by atoms with Crippen LogP contribution in [-0.4, -0.2) is 45.1 Å². The largest absolute Gasteiger partial charge is 0.398 e. The van der Waals surface area contributed by atoms with Gasteiger partial charge in [-0.2, -0.15) is 0 Å². The maximum atomic E-state index is 7.16. The summed E-state index contributed by atoms with van der Waals surface area (Å²) in [5.41, 5.74) is 0.301. The van der Waals surface area contributed by atoms with Gasteiger partial charge in [0.25, 0.3) is 0 Å². The average molecular weight is 441 g/mol. The van der Waals surface area contributed by atoms with Gasteiger partial charge in [-0.3, -0.25) is 0 Å². The van der Waals surface area contributed by atoms with Crippen LogP contribution < -0.4 is 0 Å². The van der Waals surface area contributed by atoms with E-state index in [-0.39, 0.29) is 23.4 Å². The Labute approximate surface area is 188 Å². The van der Waals surface area contributed by atoms with Crippen LogP contribution in [0.1, 0.15) is 59.3 Å². The zero-order valence-electron chi connectivity index (χ0n) is 19.8. The average Bonchev–Trinajstić information content (AvgIpc) is 3.05. The van der Waals surface area contributed by atoms with E-state index in [2.05, 4.69) is 63.6 Å². The molecule has 4 aliphatic rings. The zero-order valence-corrected chi connectivity index (χ0v) is 20.8. The second kappa shape index (κ2) is 8.21. The lowest BCUT2D eigenvalue weighted by Gasteiger charge is -2.48. The molecule has 0 aromatic rings. The van der Waals surface area contributed by atoms with E-state index >= 15 is 0 Å². The summed E-state index contributed by atoms with van der Waals surface area (Å²) < 4.78 is 26.4. The van der Waals surface area contributed by atoms with Crippen molar-refractivity contribution in [2.45, 2.75) is 107 Å². The molecule has 2 bridgehead atoms. The molecule has 1 aliphatic heterocycles. The van der Waals surface area contributed by atoms with Gasteiger partial charge in [0.15, 0.2) is 19.7 Å². The van der Waals surface area contributed by atoms with Crippen molar-refractivity contribution < 1.29 is 18.6 Å². The number of fused-ring (bicyclic) bond motifs is 4. The molecule has 4 atom stereocenters. The Bertz CT molecular complexity index is 882. The van der Waals surface area contributed by atoms with Gasteiger partial charge in [0, 0.05) is 26.4 Å². The fourth-order valence-electron chi connectivity index (χ4n) is 4.82. The smallest absolute Gasteiger partial charge is 0.194 e. The first-order valence-corrected chi connectivity index (χ1v) is 14.5. The molecule has 0 aromatic carbocycles. The molecule has 2 fully saturated rings. The fraction of sp³-hybridized carbons (Fsp3) is 0.692. The van der Waals surface area contributed by atoms with Crippen LogP contribution in [0.3, 0.4) is 0 Å². The molecule has 0 amide bonds. The van der Waals surface area contributed by atoms with E-state index in [0.29, 0.717) is 6.42 Å². The molecule has 0 aromatic heterocycles. The van der Waals surface area contributed by atoms with Gasteiger partial charge in [-0.15, -0.1) is 0 Å². The summed E-state index contributed by atoms with van der Waals surface area (Å²) in [6.45, 7) is 11.4. The molecule has 1 heterocycles. The highest BCUT2D eigenvalue weighted by Crippen LogP contribution is 2.51. The van der Waals surface area contributed by atoms with Crippen LogP contribution in [0.2, 0.25) is 18.1 Å². The van der Waals surface area contributed by atoms with Crippen molar-refractivity contribution in [3.63, 3.8) is 0 Å². The van der Waals surface area contributed by atoms with E-state index in [4.69, 9.17) is 18.6 Å². The minimum atomic E-state index is -2.17. The lowest BCUT2D eigenvalue weighted by atomic mass is 9.79. The lowest BCUT2D eigenvalue weighted by Crippen LogP contribution is -2.59. The number of rotatable bonds is 3. The van der Waals surface area contributed by atoms with Crippen molar-refractivity contribution in [2.75, 3.05) is 7.11 Å². The van der Waals surface area contributed by atoms with Gasteiger partial charge in [0.1, 0.15) is 18.3 Å². The normalized spacial score (nSPS) is 35.2. The topological polar surface area (TPSA) is 36.9 Å². The summed E-state index contributed by atoms with van der Waals surface area (Å²) in [5.74, 6) is 12.5. The molecule has 1 saturated heterocycles. The summed E-state index contributed by atoms with van der Waals surface area (Å²) in [6, 6.07) is 0. The Morgan fingerprint density at radius 3 is 2.45 bits per heavy atom. The Morgan fingerprint density at radius 1 is 1.06 bits per heavy atom. The highest BCUT2D eigenvalue weighted by atomic mass is 28.4. The van der Waals surface area contributed by atoms with Crippen LogP contribution in [0.5, 0.6) is 0 Å². The van der Waals surface area contributed by atoms with E-state index < -0.39 is 19.7 Å². The third kappa shape index (κ3) is 4.32. The van der Waals surface area contributed by atoms with Gasteiger partial charge in [-0.05, 0) is 48.7 Å². The van der Waals surface area contributed by atoms with Crippen molar-refractivity contribution in [2.24, 2.45) is 0 Å². The zero-order chi connectivity index (χ0) is 22.3. The summed E-state index contributed by atoms with van der Waals surface area (Å²) in [6.07, 6.45) is 11.0. The molecule has 5 heteroatoms. The predicted octanol–water partition coefficient (Wildman–Crippen LogP) is 5.11. The third-order valence-electron chi connectivity index (χ3n) is 7.48. The first-order chi connectivity index (χ1) is 14.6. The molecular formula is C26H36O4Si. The number of hydrogen-bond donors (Lipinski definition) is 0. The van der Waals surface area contributed by atoms with Crippen LogP contribution >= 0.6 is 0 Å². The van der Waals surface area contributed by atoms with Gasteiger partial charge in [0.05, 0.1) is 0 Å². The Kier molecular flexibility index (Phi) is 6.05. The van der Waals surface area contributed by atoms with E-state index in [1.165, 1.54) is 6.42 Å². The van der Waals surface area contributed by atoms with Crippen molar-refractivity contribution >= 4 is 8.32 Å². The first kappa shape index (κ1) is 22.8. The molecular weight excluding hydrogens is 404 g/mol. The van der Waals surface area contributed by atoms with Crippen molar-refractivity contribution in [1.29, 1.82) is 0 Å². The van der Waals surface area contributed by atoms with E-state index in [9.17, 15) is 0 Å². The third-order valence-corrected chi connectivity index (χ3v) is 12.0. The number of hydrogen-bond acceptors (Lipinski definition) is 4. The molecule has 4 nitrogen and oxygen atoms in total. The van der Waals surface area contributed by atoms with E-state index in [0.717, 1.165) is 31.3 Å². The standard InChI is InChI=1S/C26H36O4Si/c1-24(2,3)31(5,6)30-25-15-11-8-7-10-14-21(27-4)20(19-25)18-22-23(25)29-26(28-22)16-12-9-13-17-26/h7-8,18,21-23H,9,12-13,16-17,19H2,1-6H3/b8-7-/t21-,22-,23-,25+/m0/s1. The lowest BCUT2D eigenvalue weighted by molar-refractivity contribution is -0.201. The minimum absolute atomic E-state index is 0.0495. The van der Waals surface area contributed by atoms with Crippen LogP contribution in [0.15, 0.2) is 23.8 Å². The Balaban J connectivity index is 1.82. The number of ether oxygens (including phenoxy) is 3. The van der Waals surface area contributed by atoms with Crippen LogP contribution in [0.25, 0.3) is 0 Å². The van der Waals surface area contributed by atoms with Gasteiger partial charge in [-0.1, -0.05) is 56.9 Å². The van der Waals surface area contributed by atoms with Gasteiger partial charge < -0.3 is 18.6 Å². The molecule has 168 valence electrons. The summed E-state index contributed by atoms with van der Waals surface area (Å²) in [4.78, 5) is 0. The van der Waals surface area contributed by atoms with Gasteiger partial charge in [-0.25, -0.2) is 0 Å². The highest BCUT2D eigenvalue weighted by molar-refractivity contribution is 6.74. The molecule has 4 rings (SSSR count).